The average Bonchev–Trinajstić information content (AvgIpc) is 3.38. The highest BCUT2D eigenvalue weighted by Crippen LogP contribution is 2.40. The van der Waals surface area contributed by atoms with Gasteiger partial charge in [0.05, 0.1) is 29.8 Å². The van der Waals surface area contributed by atoms with Crippen molar-refractivity contribution in [2.24, 2.45) is 0 Å². The zero-order chi connectivity index (χ0) is 30.8. The first-order valence-electron chi connectivity index (χ1n) is 14.0. The number of alkyl halides is 3. The molecule has 0 radical (unpaired) electrons. The predicted octanol–water partition coefficient (Wildman–Crippen LogP) is 4.46. The summed E-state index contributed by atoms with van der Waals surface area (Å²) < 4.78 is 46.5. The predicted molar refractivity (Wildman–Crippen MR) is 158 cm³/mol. The molecule has 0 amide bonds. The van der Waals surface area contributed by atoms with Crippen molar-refractivity contribution in [3.05, 3.63) is 50.9 Å². The maximum absolute atomic E-state index is 14.7. The van der Waals surface area contributed by atoms with Gasteiger partial charge in [0, 0.05) is 29.5 Å². The van der Waals surface area contributed by atoms with Crippen molar-refractivity contribution in [3.63, 3.8) is 0 Å². The number of pyridine rings is 2. The van der Waals surface area contributed by atoms with Gasteiger partial charge in [0.2, 0.25) is 0 Å². The van der Waals surface area contributed by atoms with E-state index in [0.29, 0.717) is 59.5 Å². The summed E-state index contributed by atoms with van der Waals surface area (Å²) in [6.07, 6.45) is -3.41. The van der Waals surface area contributed by atoms with Crippen LogP contribution in [0.1, 0.15) is 43.5 Å². The Morgan fingerprint density at radius 1 is 1.26 bits per heavy atom. The number of nitriles is 1. The highest BCUT2D eigenvalue weighted by molar-refractivity contribution is 6.31. The number of aromatic nitrogens is 5. The van der Waals surface area contributed by atoms with Gasteiger partial charge in [-0.05, 0) is 71.1 Å². The van der Waals surface area contributed by atoms with Crippen LogP contribution in [0.25, 0.3) is 27.6 Å². The van der Waals surface area contributed by atoms with Crippen LogP contribution < -0.4 is 15.8 Å². The Morgan fingerprint density at radius 3 is 2.67 bits per heavy atom. The Bertz CT molecular complexity index is 1840. The van der Waals surface area contributed by atoms with Crippen molar-refractivity contribution in [1.29, 1.82) is 5.26 Å². The highest BCUT2D eigenvalue weighted by atomic mass is 35.5. The fraction of sp³-hybridized carbons (Fsp3) is 0.483. The number of halogens is 4. The molecule has 5 heterocycles. The van der Waals surface area contributed by atoms with Gasteiger partial charge in [0.1, 0.15) is 16.7 Å². The molecule has 3 aromatic heterocycles. The number of piperidine rings is 1. The number of nitrogens with one attached hydrogen (secondary N) is 1. The molecule has 1 aromatic carbocycles. The summed E-state index contributed by atoms with van der Waals surface area (Å²) in [6.45, 7) is 5.46. The van der Waals surface area contributed by atoms with Crippen molar-refractivity contribution < 1.29 is 13.2 Å². The number of fused-ring (bicyclic) bond motifs is 3. The van der Waals surface area contributed by atoms with E-state index in [9.17, 15) is 23.2 Å². The maximum atomic E-state index is 14.7. The van der Waals surface area contributed by atoms with Crippen molar-refractivity contribution >= 4 is 39.4 Å². The first-order chi connectivity index (χ1) is 20.3. The summed E-state index contributed by atoms with van der Waals surface area (Å²) in [5, 5.41) is 21.7. The monoisotopic (exact) mass is 613 g/mol. The normalized spacial score (nSPS) is 20.5. The average molecular weight is 614 g/mol. The third-order valence-electron chi connectivity index (χ3n) is 8.93. The molecule has 0 aliphatic carbocycles. The van der Waals surface area contributed by atoms with Gasteiger partial charge in [-0.25, -0.2) is 9.67 Å². The molecule has 4 aromatic rings. The molecule has 2 saturated heterocycles. The minimum Gasteiger partial charge on any atom is -0.351 e. The van der Waals surface area contributed by atoms with Crippen LogP contribution in [0.15, 0.2) is 29.1 Å². The fourth-order valence-electron chi connectivity index (χ4n) is 6.18. The summed E-state index contributed by atoms with van der Waals surface area (Å²) in [5.41, 5.74) is -1.27. The Labute approximate surface area is 250 Å². The Balaban J connectivity index is 1.66. The molecule has 43 heavy (non-hydrogen) atoms. The summed E-state index contributed by atoms with van der Waals surface area (Å²) in [4.78, 5) is 23.0. The summed E-state index contributed by atoms with van der Waals surface area (Å²) in [5.74, 6) is 0.404. The van der Waals surface area contributed by atoms with Crippen molar-refractivity contribution in [2.75, 3.05) is 38.6 Å². The first kappa shape index (κ1) is 29.3. The fourth-order valence-corrected chi connectivity index (χ4v) is 6.35. The SMILES string of the molecule is Cc1c(Cl)cccc1-n1c(C(F)(F)F)cc2c(nc(N3CC(C)(N(C)C)C3)c3nnn([C@H]4CCN[C@H](CC#N)C4)c32)c1=O. The second kappa shape index (κ2) is 10.5. The molecule has 226 valence electrons. The van der Waals surface area contributed by atoms with E-state index in [1.165, 1.54) is 12.1 Å². The molecule has 2 aliphatic rings. The second-order valence-corrected chi connectivity index (χ2v) is 12.3. The zero-order valence-electron chi connectivity index (χ0n) is 24.2. The lowest BCUT2D eigenvalue weighted by atomic mass is 9.90. The number of anilines is 1. The Kier molecular flexibility index (Phi) is 7.14. The number of likely N-dealkylation sites (N-methyl/N-ethyl adjacent to an activating group) is 1. The van der Waals surface area contributed by atoms with Gasteiger partial charge >= 0.3 is 6.18 Å². The molecule has 2 aliphatic heterocycles. The molecule has 2 fully saturated rings. The largest absolute Gasteiger partial charge is 0.431 e. The smallest absolute Gasteiger partial charge is 0.351 e. The first-order valence-corrected chi connectivity index (χ1v) is 14.4. The number of hydrogen-bond donors (Lipinski definition) is 1. The molecule has 10 nitrogen and oxygen atoms in total. The summed E-state index contributed by atoms with van der Waals surface area (Å²) >= 11 is 6.28. The lowest BCUT2D eigenvalue weighted by Crippen LogP contribution is -2.67. The maximum Gasteiger partial charge on any atom is 0.431 e. The van der Waals surface area contributed by atoms with Gasteiger partial charge in [0.25, 0.3) is 5.56 Å². The van der Waals surface area contributed by atoms with Crippen LogP contribution >= 0.6 is 11.6 Å². The molecule has 14 heteroatoms. The van der Waals surface area contributed by atoms with Gasteiger partial charge in [0.15, 0.2) is 11.3 Å². The van der Waals surface area contributed by atoms with Crippen molar-refractivity contribution in [3.8, 4) is 11.8 Å². The third-order valence-corrected chi connectivity index (χ3v) is 9.33. The highest BCUT2D eigenvalue weighted by Gasteiger charge is 2.43. The molecule has 2 atom stereocenters. The van der Waals surface area contributed by atoms with Crippen LogP contribution in [0.2, 0.25) is 5.02 Å². The van der Waals surface area contributed by atoms with E-state index in [0.717, 1.165) is 6.07 Å². The molecular formula is C29H31ClF3N9O. The van der Waals surface area contributed by atoms with E-state index in [4.69, 9.17) is 16.6 Å². The standard InChI is InChI=1S/C29H31ClF3N9O/c1-16-20(30)6-5-7-21(16)41-22(29(31,32)33)13-19-23(27(41)43)36-26(40-14-28(2,15-40)39(3)4)24-25(19)42(38-37-24)18-9-11-35-17(12-18)8-10-34/h5-7,13,17-18,35H,8-9,11-12,14-15H2,1-4H3/t17-,18+/m1/s1. The van der Waals surface area contributed by atoms with Gasteiger partial charge in [-0.1, -0.05) is 22.9 Å². The van der Waals surface area contributed by atoms with Crippen LogP contribution in [-0.4, -0.2) is 74.8 Å². The molecule has 0 saturated carbocycles. The summed E-state index contributed by atoms with van der Waals surface area (Å²) in [6, 6.07) is 7.34. The molecule has 0 bridgehead atoms. The Hall–Kier alpha value is -3.73. The summed E-state index contributed by atoms with van der Waals surface area (Å²) in [7, 11) is 3.97. The van der Waals surface area contributed by atoms with Crippen LogP contribution in [0.3, 0.4) is 0 Å². The molecular weight excluding hydrogens is 583 g/mol. The van der Waals surface area contributed by atoms with E-state index in [-0.39, 0.29) is 45.7 Å². The van der Waals surface area contributed by atoms with E-state index in [2.05, 4.69) is 33.5 Å². The van der Waals surface area contributed by atoms with E-state index < -0.39 is 17.4 Å². The lowest BCUT2D eigenvalue weighted by Gasteiger charge is -2.52. The molecule has 1 N–H and O–H groups in total. The van der Waals surface area contributed by atoms with Crippen molar-refractivity contribution in [1.82, 2.24) is 34.8 Å². The second-order valence-electron chi connectivity index (χ2n) is 11.9. The third kappa shape index (κ3) is 4.81. The molecule has 0 unspecified atom stereocenters. The van der Waals surface area contributed by atoms with Crippen LogP contribution in [0.4, 0.5) is 19.0 Å². The van der Waals surface area contributed by atoms with Gasteiger partial charge in [-0.2, -0.15) is 18.4 Å². The van der Waals surface area contributed by atoms with Crippen LogP contribution in [0, 0.1) is 18.3 Å². The minimum atomic E-state index is -4.87. The number of hydrogen-bond acceptors (Lipinski definition) is 8. The van der Waals surface area contributed by atoms with Crippen LogP contribution in [-0.2, 0) is 6.18 Å². The molecule has 0 spiro atoms. The number of rotatable bonds is 5. The zero-order valence-corrected chi connectivity index (χ0v) is 25.0. The number of nitrogens with zero attached hydrogens (tertiary/aromatic N) is 8. The van der Waals surface area contributed by atoms with Crippen LogP contribution in [0.5, 0.6) is 0 Å². The van der Waals surface area contributed by atoms with E-state index in [1.54, 1.807) is 17.7 Å². The van der Waals surface area contributed by atoms with E-state index >= 15 is 0 Å². The van der Waals surface area contributed by atoms with Gasteiger partial charge in [-0.15, -0.1) is 5.10 Å². The topological polar surface area (TPSA) is 108 Å². The van der Waals surface area contributed by atoms with Gasteiger partial charge < -0.3 is 15.1 Å². The van der Waals surface area contributed by atoms with Gasteiger partial charge in [-0.3, -0.25) is 9.36 Å². The quantitative estimate of drug-likeness (QED) is 0.352. The lowest BCUT2D eigenvalue weighted by molar-refractivity contribution is -0.142. The molecule has 6 rings (SSSR count). The van der Waals surface area contributed by atoms with E-state index in [1.807, 2.05) is 19.0 Å². The number of benzene rings is 1. The van der Waals surface area contributed by atoms with Crippen molar-refractivity contribution in [2.45, 2.75) is 56.9 Å². The Morgan fingerprint density at radius 2 is 2.00 bits per heavy atom. The minimum absolute atomic E-state index is 0.0308.